The van der Waals surface area contributed by atoms with Gasteiger partial charge in [0.15, 0.2) is 15.6 Å². The lowest BCUT2D eigenvalue weighted by atomic mass is 9.99. The Hall–Kier alpha value is -2.96. The van der Waals surface area contributed by atoms with Crippen LogP contribution in [0.1, 0.15) is 33.5 Å². The number of methoxy groups -OCH3 is 1. The highest BCUT2D eigenvalue weighted by Crippen LogP contribution is 2.24. The molecule has 3 aromatic carbocycles. The van der Waals surface area contributed by atoms with E-state index in [0.29, 0.717) is 22.6 Å². The average molecular weight is 457 g/mol. The molecule has 0 amide bonds. The lowest BCUT2D eigenvalue weighted by Gasteiger charge is -2.11. The topological polar surface area (TPSA) is 77.5 Å². The van der Waals surface area contributed by atoms with Crippen molar-refractivity contribution in [2.24, 2.45) is 0 Å². The summed E-state index contributed by atoms with van der Waals surface area (Å²) in [6, 6.07) is 19.7. The molecule has 160 valence electrons. The predicted octanol–water partition coefficient (Wildman–Crippen LogP) is 4.65. The first-order valence-electron chi connectivity index (χ1n) is 9.57. The van der Waals surface area contributed by atoms with Crippen LogP contribution in [0.4, 0.5) is 0 Å². The number of benzene rings is 3. The van der Waals surface area contributed by atoms with Crippen molar-refractivity contribution in [2.75, 3.05) is 7.11 Å². The van der Waals surface area contributed by atoms with Crippen LogP contribution in [0.25, 0.3) is 0 Å². The number of hydrogen-bond donors (Lipinski definition) is 0. The van der Waals surface area contributed by atoms with Crippen molar-refractivity contribution in [3.8, 4) is 0 Å². The van der Waals surface area contributed by atoms with Gasteiger partial charge in [-0.25, -0.2) is 8.42 Å². The van der Waals surface area contributed by atoms with Gasteiger partial charge in [-0.15, -0.1) is 0 Å². The minimum atomic E-state index is -3.70. The molecule has 0 aliphatic heterocycles. The molecule has 0 N–H and O–H groups in total. The molecule has 0 atom stereocenters. The van der Waals surface area contributed by atoms with Gasteiger partial charge in [-0.3, -0.25) is 9.59 Å². The van der Waals surface area contributed by atoms with E-state index in [-0.39, 0.29) is 34.4 Å². The zero-order valence-corrected chi connectivity index (χ0v) is 18.4. The number of carbonyl (C=O) groups is 2. The second-order valence-corrected chi connectivity index (χ2v) is 9.40. The quantitative estimate of drug-likeness (QED) is 0.364. The van der Waals surface area contributed by atoms with E-state index in [4.69, 9.17) is 11.6 Å². The Bertz CT molecular complexity index is 1190. The molecular weight excluding hydrogens is 436 g/mol. The van der Waals surface area contributed by atoms with Crippen LogP contribution in [0.5, 0.6) is 0 Å². The van der Waals surface area contributed by atoms with Crippen LogP contribution in [-0.4, -0.2) is 27.3 Å². The van der Waals surface area contributed by atoms with Gasteiger partial charge in [-0.2, -0.15) is 0 Å². The van der Waals surface area contributed by atoms with Gasteiger partial charge in [-0.05, 0) is 41.8 Å². The summed E-state index contributed by atoms with van der Waals surface area (Å²) in [7, 11) is -2.38. The minimum absolute atomic E-state index is 0.141. The number of hydrogen-bond acceptors (Lipinski definition) is 5. The molecule has 5 nitrogen and oxygen atoms in total. The molecule has 0 aliphatic rings. The molecule has 0 radical (unpaired) electrons. The van der Waals surface area contributed by atoms with Crippen molar-refractivity contribution >= 4 is 33.2 Å². The molecule has 0 heterocycles. The van der Waals surface area contributed by atoms with Gasteiger partial charge >= 0.3 is 5.97 Å². The van der Waals surface area contributed by atoms with Crippen LogP contribution in [0.15, 0.2) is 77.7 Å². The summed E-state index contributed by atoms with van der Waals surface area (Å²) < 4.78 is 30.6. The van der Waals surface area contributed by atoms with Crippen LogP contribution >= 0.6 is 11.6 Å². The fraction of sp³-hybridized carbons (Fsp3) is 0.167. The van der Waals surface area contributed by atoms with Crippen LogP contribution in [0.3, 0.4) is 0 Å². The van der Waals surface area contributed by atoms with E-state index in [1.54, 1.807) is 54.6 Å². The molecule has 31 heavy (non-hydrogen) atoms. The molecule has 0 fully saturated rings. The molecule has 0 aromatic heterocycles. The van der Waals surface area contributed by atoms with E-state index in [2.05, 4.69) is 4.74 Å². The fourth-order valence-electron chi connectivity index (χ4n) is 3.13. The third kappa shape index (κ3) is 5.81. The molecule has 0 aliphatic carbocycles. The highest BCUT2D eigenvalue weighted by atomic mass is 35.5. The van der Waals surface area contributed by atoms with E-state index < -0.39 is 9.84 Å². The van der Waals surface area contributed by atoms with Gasteiger partial charge in [-0.1, -0.05) is 60.1 Å². The Kier molecular flexibility index (Phi) is 7.25. The molecule has 7 heteroatoms. The van der Waals surface area contributed by atoms with E-state index in [1.807, 2.05) is 0 Å². The zero-order valence-electron chi connectivity index (χ0n) is 16.9. The smallest absolute Gasteiger partial charge is 0.305 e. The fourth-order valence-corrected chi connectivity index (χ4v) is 4.68. The van der Waals surface area contributed by atoms with E-state index >= 15 is 0 Å². The summed E-state index contributed by atoms with van der Waals surface area (Å²) in [5.74, 6) is -0.943. The molecule has 0 spiro atoms. The Morgan fingerprint density at radius 3 is 2.26 bits per heavy atom. The first kappa shape index (κ1) is 22.7. The Balaban J connectivity index is 1.85. The third-order valence-electron chi connectivity index (χ3n) is 4.83. The van der Waals surface area contributed by atoms with Crippen molar-refractivity contribution in [3.05, 3.63) is 100 Å². The standard InChI is InChI=1S/C24H21ClO5S/c1-30-23(26)14-9-17-7-12-21(13-8-17)31(28,29)16-19-10-11-20(25)15-22(19)24(27)18-5-3-2-4-6-18/h2-8,10-13,15H,9,14,16H2,1H3. The highest BCUT2D eigenvalue weighted by Gasteiger charge is 2.21. The zero-order chi connectivity index (χ0) is 22.4. The highest BCUT2D eigenvalue weighted by molar-refractivity contribution is 7.90. The summed E-state index contributed by atoms with van der Waals surface area (Å²) in [6.07, 6.45) is 0.679. The van der Waals surface area contributed by atoms with Crippen molar-refractivity contribution in [3.63, 3.8) is 0 Å². The molecule has 0 bridgehead atoms. The van der Waals surface area contributed by atoms with E-state index in [1.165, 1.54) is 25.3 Å². The Morgan fingerprint density at radius 1 is 0.935 bits per heavy atom. The Labute approximate surface area is 186 Å². The number of esters is 1. The molecule has 3 aromatic rings. The van der Waals surface area contributed by atoms with Crippen LogP contribution in [0.2, 0.25) is 5.02 Å². The number of rotatable bonds is 8. The lowest BCUT2D eigenvalue weighted by molar-refractivity contribution is -0.140. The van der Waals surface area contributed by atoms with Gasteiger partial charge < -0.3 is 4.74 Å². The maximum atomic E-state index is 13.0. The van der Waals surface area contributed by atoms with E-state index in [9.17, 15) is 18.0 Å². The van der Waals surface area contributed by atoms with Gasteiger partial charge in [0.1, 0.15) is 0 Å². The van der Waals surface area contributed by atoms with Crippen LogP contribution in [0, 0.1) is 0 Å². The maximum absolute atomic E-state index is 13.0. The second kappa shape index (κ2) is 9.90. The van der Waals surface area contributed by atoms with Crippen molar-refractivity contribution in [2.45, 2.75) is 23.5 Å². The van der Waals surface area contributed by atoms with Crippen LogP contribution in [-0.2, 0) is 31.5 Å². The molecule has 0 saturated carbocycles. The van der Waals surface area contributed by atoms with Gasteiger partial charge in [0.05, 0.1) is 17.8 Å². The summed E-state index contributed by atoms with van der Waals surface area (Å²) in [6.45, 7) is 0. The molecule has 0 saturated heterocycles. The number of ether oxygens (including phenoxy) is 1. The van der Waals surface area contributed by atoms with Crippen LogP contribution < -0.4 is 0 Å². The van der Waals surface area contributed by atoms with Gasteiger partial charge in [0, 0.05) is 22.6 Å². The number of sulfone groups is 1. The monoisotopic (exact) mass is 456 g/mol. The van der Waals surface area contributed by atoms with Gasteiger partial charge in [0.2, 0.25) is 0 Å². The predicted molar refractivity (Wildman–Crippen MR) is 119 cm³/mol. The second-order valence-electron chi connectivity index (χ2n) is 6.98. The molecule has 0 unspecified atom stereocenters. The van der Waals surface area contributed by atoms with Gasteiger partial charge in [0.25, 0.3) is 0 Å². The molecular formula is C24H21ClO5S. The Morgan fingerprint density at radius 2 is 1.61 bits per heavy atom. The van der Waals surface area contributed by atoms with Crippen molar-refractivity contribution in [1.29, 1.82) is 0 Å². The first-order chi connectivity index (χ1) is 14.8. The summed E-state index contributed by atoms with van der Waals surface area (Å²) in [5, 5.41) is 0.357. The number of carbonyl (C=O) groups excluding carboxylic acids is 2. The largest absolute Gasteiger partial charge is 0.469 e. The summed E-state index contributed by atoms with van der Waals surface area (Å²) in [5.41, 5.74) is 1.93. The number of halogens is 1. The number of aryl methyl sites for hydroxylation is 1. The van der Waals surface area contributed by atoms with Crippen molar-refractivity contribution < 1.29 is 22.7 Å². The lowest BCUT2D eigenvalue weighted by Crippen LogP contribution is -2.11. The number of ketones is 1. The SMILES string of the molecule is COC(=O)CCc1ccc(S(=O)(=O)Cc2ccc(Cl)cc2C(=O)c2ccccc2)cc1. The van der Waals surface area contributed by atoms with E-state index in [0.717, 1.165) is 5.56 Å². The van der Waals surface area contributed by atoms with Crippen molar-refractivity contribution in [1.82, 2.24) is 0 Å². The third-order valence-corrected chi connectivity index (χ3v) is 6.74. The normalized spacial score (nSPS) is 11.2. The summed E-state index contributed by atoms with van der Waals surface area (Å²) >= 11 is 6.08. The maximum Gasteiger partial charge on any atom is 0.305 e. The first-order valence-corrected chi connectivity index (χ1v) is 11.6. The molecule has 3 rings (SSSR count). The minimum Gasteiger partial charge on any atom is -0.469 e. The average Bonchev–Trinajstić information content (AvgIpc) is 2.79. The summed E-state index contributed by atoms with van der Waals surface area (Å²) in [4.78, 5) is 24.4.